The highest BCUT2D eigenvalue weighted by atomic mass is 35.5. The summed E-state index contributed by atoms with van der Waals surface area (Å²) in [5.41, 5.74) is 2.67. The summed E-state index contributed by atoms with van der Waals surface area (Å²) in [7, 11) is 0. The maximum Gasteiger partial charge on any atom is 0.322 e. The van der Waals surface area contributed by atoms with Crippen molar-refractivity contribution in [2.75, 3.05) is 48.4 Å². The molecule has 0 atom stereocenters. The lowest BCUT2D eigenvalue weighted by Gasteiger charge is -2.36. The van der Waals surface area contributed by atoms with Gasteiger partial charge in [0.25, 0.3) is 5.91 Å². The van der Waals surface area contributed by atoms with Crippen LogP contribution in [0.4, 0.5) is 16.2 Å². The van der Waals surface area contributed by atoms with E-state index < -0.39 is 0 Å². The fourth-order valence-electron chi connectivity index (χ4n) is 3.78. The lowest BCUT2D eigenvalue weighted by Crippen LogP contribution is -2.48. The molecule has 0 radical (unpaired) electrons. The van der Waals surface area contributed by atoms with E-state index in [1.165, 1.54) is 11.3 Å². The Bertz CT molecular complexity index is 1080. The Morgan fingerprint density at radius 1 is 1.12 bits per heavy atom. The monoisotopic (exact) mass is 520 g/mol. The van der Waals surface area contributed by atoms with Crippen LogP contribution >= 0.6 is 34.5 Å². The Hall–Kier alpha value is -2.75. The molecule has 180 valence electrons. The first-order valence-electron chi connectivity index (χ1n) is 11.0. The molecule has 1 saturated heterocycles. The first kappa shape index (κ1) is 24.4. The van der Waals surface area contributed by atoms with Crippen LogP contribution in [0.15, 0.2) is 48.9 Å². The van der Waals surface area contributed by atoms with Crippen LogP contribution < -0.4 is 15.1 Å². The van der Waals surface area contributed by atoms with E-state index in [4.69, 9.17) is 23.2 Å². The zero-order chi connectivity index (χ0) is 23.9. The van der Waals surface area contributed by atoms with Crippen molar-refractivity contribution >= 4 is 57.9 Å². The van der Waals surface area contributed by atoms with E-state index in [1.807, 2.05) is 29.2 Å². The van der Waals surface area contributed by atoms with Crippen LogP contribution in [0, 0.1) is 0 Å². The molecule has 1 aromatic carbocycles. The molecule has 3 heterocycles. The van der Waals surface area contributed by atoms with E-state index >= 15 is 0 Å². The standard InChI is InChI=1S/C23H26Cl2N6O2S/c24-8-1-9-27-23(33)31(15-17-14-26-16-28-17)19-4-2-18(3-5-19)29-10-12-30(13-11-29)22(32)20-6-7-21(25)34-20/h2-7,14,16H,1,8-13,15H2,(H,26,28)(H,27,33). The van der Waals surface area contributed by atoms with Crippen molar-refractivity contribution in [1.82, 2.24) is 20.2 Å². The Labute approximate surface area is 212 Å². The number of nitrogens with one attached hydrogen (secondary N) is 2. The lowest BCUT2D eigenvalue weighted by atomic mass is 10.2. The van der Waals surface area contributed by atoms with Gasteiger partial charge in [0.1, 0.15) is 0 Å². The van der Waals surface area contributed by atoms with E-state index in [2.05, 4.69) is 20.2 Å². The topological polar surface area (TPSA) is 84.6 Å². The minimum absolute atomic E-state index is 0.0292. The maximum atomic E-state index is 12.8. The summed E-state index contributed by atoms with van der Waals surface area (Å²) >= 11 is 13.0. The zero-order valence-corrected chi connectivity index (χ0v) is 20.9. The van der Waals surface area contributed by atoms with Crippen LogP contribution in [-0.4, -0.2) is 65.4 Å². The molecule has 0 aliphatic carbocycles. The molecule has 4 rings (SSSR count). The molecule has 1 aliphatic rings. The Balaban J connectivity index is 1.39. The first-order valence-corrected chi connectivity index (χ1v) is 12.8. The quantitative estimate of drug-likeness (QED) is 0.339. The summed E-state index contributed by atoms with van der Waals surface area (Å²) in [6.45, 7) is 3.65. The molecule has 3 amide bonds. The van der Waals surface area contributed by atoms with Gasteiger partial charge in [0.2, 0.25) is 0 Å². The predicted molar refractivity (Wildman–Crippen MR) is 137 cm³/mol. The number of rotatable bonds is 8. The van der Waals surface area contributed by atoms with Crippen LogP contribution in [0.25, 0.3) is 0 Å². The minimum Gasteiger partial charge on any atom is -0.368 e. The average molecular weight is 521 g/mol. The number of hydrogen-bond donors (Lipinski definition) is 2. The number of urea groups is 1. The van der Waals surface area contributed by atoms with Gasteiger partial charge >= 0.3 is 6.03 Å². The molecular formula is C23H26Cl2N6O2S. The number of carbonyl (C=O) groups is 2. The van der Waals surface area contributed by atoms with Crippen LogP contribution in [0.5, 0.6) is 0 Å². The second-order valence-electron chi connectivity index (χ2n) is 7.84. The molecule has 0 spiro atoms. The second-order valence-corrected chi connectivity index (χ2v) is 9.93. The highest BCUT2D eigenvalue weighted by molar-refractivity contribution is 7.17. The average Bonchev–Trinajstić information content (AvgIpc) is 3.54. The molecule has 3 aromatic rings. The van der Waals surface area contributed by atoms with Gasteiger partial charge in [-0.2, -0.15) is 0 Å². The SMILES string of the molecule is O=C(c1ccc(Cl)s1)N1CCN(c2ccc(N(Cc3cnc[nH]3)C(=O)NCCCCl)cc2)CC1. The summed E-state index contributed by atoms with van der Waals surface area (Å²) in [5, 5.41) is 2.92. The van der Waals surface area contributed by atoms with Crippen LogP contribution in [0.2, 0.25) is 4.34 Å². The van der Waals surface area contributed by atoms with Crippen LogP contribution in [0.3, 0.4) is 0 Å². The third-order valence-electron chi connectivity index (χ3n) is 5.59. The summed E-state index contributed by atoms with van der Waals surface area (Å²) in [4.78, 5) is 39.0. The van der Waals surface area contributed by atoms with Gasteiger partial charge in [0.15, 0.2) is 0 Å². The molecule has 1 fully saturated rings. The van der Waals surface area contributed by atoms with Gasteiger partial charge in [-0.05, 0) is 42.8 Å². The number of thiophene rings is 1. The lowest BCUT2D eigenvalue weighted by molar-refractivity contribution is 0.0751. The van der Waals surface area contributed by atoms with Crippen LogP contribution in [-0.2, 0) is 6.54 Å². The Morgan fingerprint density at radius 3 is 2.50 bits per heavy atom. The number of nitrogens with zero attached hydrogens (tertiary/aromatic N) is 4. The maximum absolute atomic E-state index is 12.8. The second kappa shape index (κ2) is 11.6. The summed E-state index contributed by atoms with van der Waals surface area (Å²) in [6, 6.07) is 11.3. The number of alkyl halides is 1. The normalized spacial score (nSPS) is 13.7. The van der Waals surface area contributed by atoms with E-state index in [0.29, 0.717) is 47.7 Å². The van der Waals surface area contributed by atoms with Crippen molar-refractivity contribution in [1.29, 1.82) is 0 Å². The summed E-state index contributed by atoms with van der Waals surface area (Å²) < 4.78 is 0.622. The molecule has 2 aromatic heterocycles. The fourth-order valence-corrected chi connectivity index (χ4v) is 4.92. The van der Waals surface area contributed by atoms with Gasteiger partial charge in [-0.25, -0.2) is 9.78 Å². The third kappa shape index (κ3) is 6.02. The highest BCUT2D eigenvalue weighted by Crippen LogP contribution is 2.26. The number of piperazine rings is 1. The highest BCUT2D eigenvalue weighted by Gasteiger charge is 2.24. The van der Waals surface area contributed by atoms with Crippen molar-refractivity contribution in [2.24, 2.45) is 0 Å². The van der Waals surface area contributed by atoms with E-state index in [-0.39, 0.29) is 11.9 Å². The zero-order valence-electron chi connectivity index (χ0n) is 18.5. The van der Waals surface area contributed by atoms with Crippen molar-refractivity contribution < 1.29 is 9.59 Å². The molecule has 8 nitrogen and oxygen atoms in total. The predicted octanol–water partition coefficient (Wildman–Crippen LogP) is 4.43. The molecule has 11 heteroatoms. The number of anilines is 2. The molecule has 0 saturated carbocycles. The number of hydrogen-bond acceptors (Lipinski definition) is 5. The summed E-state index contributed by atoms with van der Waals surface area (Å²) in [5.74, 6) is 0.525. The number of benzene rings is 1. The molecule has 0 unspecified atom stereocenters. The van der Waals surface area contributed by atoms with Gasteiger partial charge in [-0.1, -0.05) is 11.6 Å². The van der Waals surface area contributed by atoms with Crippen molar-refractivity contribution in [3.05, 3.63) is 63.8 Å². The number of aromatic nitrogens is 2. The molecule has 34 heavy (non-hydrogen) atoms. The van der Waals surface area contributed by atoms with Gasteiger partial charge in [0.05, 0.1) is 27.8 Å². The number of imidazole rings is 1. The molecule has 1 aliphatic heterocycles. The molecule has 2 N–H and O–H groups in total. The third-order valence-corrected chi connectivity index (χ3v) is 7.08. The Kier molecular flexibility index (Phi) is 8.31. The Morgan fingerprint density at radius 2 is 1.88 bits per heavy atom. The molecule has 0 bridgehead atoms. The van der Waals surface area contributed by atoms with Crippen molar-refractivity contribution in [3.63, 3.8) is 0 Å². The van der Waals surface area contributed by atoms with Crippen molar-refractivity contribution in [3.8, 4) is 0 Å². The number of H-pyrrole nitrogens is 1. The number of aromatic amines is 1. The number of carbonyl (C=O) groups excluding carboxylic acids is 2. The first-order chi connectivity index (χ1) is 16.5. The number of amides is 3. The van der Waals surface area contributed by atoms with Crippen LogP contribution in [0.1, 0.15) is 21.8 Å². The van der Waals surface area contributed by atoms with Gasteiger partial charge in [0, 0.05) is 56.2 Å². The fraction of sp³-hybridized carbons (Fsp3) is 0.348. The van der Waals surface area contributed by atoms with Gasteiger partial charge in [-0.15, -0.1) is 22.9 Å². The largest absolute Gasteiger partial charge is 0.368 e. The van der Waals surface area contributed by atoms with Gasteiger partial charge in [-0.3, -0.25) is 9.69 Å². The van der Waals surface area contributed by atoms with E-state index in [9.17, 15) is 9.59 Å². The number of halogens is 2. The smallest absolute Gasteiger partial charge is 0.322 e. The van der Waals surface area contributed by atoms with Gasteiger partial charge < -0.3 is 20.1 Å². The van der Waals surface area contributed by atoms with E-state index in [1.54, 1.807) is 29.6 Å². The molecular weight excluding hydrogens is 495 g/mol. The minimum atomic E-state index is -0.187. The van der Waals surface area contributed by atoms with E-state index in [0.717, 1.165) is 30.2 Å². The van der Waals surface area contributed by atoms with Crippen molar-refractivity contribution in [2.45, 2.75) is 13.0 Å². The summed E-state index contributed by atoms with van der Waals surface area (Å²) in [6.07, 6.45) is 4.01.